The highest BCUT2D eigenvalue weighted by molar-refractivity contribution is 7.86. The third-order valence-corrected chi connectivity index (χ3v) is 8.29. The first-order chi connectivity index (χ1) is 17.8. The summed E-state index contributed by atoms with van der Waals surface area (Å²) < 4.78 is 71.4. The van der Waals surface area contributed by atoms with Gasteiger partial charge in [-0.05, 0) is 73.5 Å². The first kappa shape index (κ1) is 27.7. The van der Waals surface area contributed by atoms with Gasteiger partial charge in [0.2, 0.25) is 5.69 Å². The minimum Gasteiger partial charge on any atom is -0.748 e. The Morgan fingerprint density at radius 3 is 2.32 bits per heavy atom. The van der Waals surface area contributed by atoms with Crippen LogP contribution in [0.25, 0.3) is 10.8 Å². The van der Waals surface area contributed by atoms with Gasteiger partial charge in [-0.3, -0.25) is 0 Å². The number of rotatable bonds is 9. The lowest BCUT2D eigenvalue weighted by molar-refractivity contribution is -0.437. The van der Waals surface area contributed by atoms with Crippen LogP contribution in [-0.2, 0) is 25.7 Å². The van der Waals surface area contributed by atoms with Crippen molar-refractivity contribution in [2.45, 2.75) is 37.5 Å². The van der Waals surface area contributed by atoms with E-state index in [9.17, 15) is 25.9 Å². The minimum atomic E-state index is -4.67. The molecule has 0 saturated heterocycles. The first-order valence-corrected chi connectivity index (χ1v) is 15.0. The highest BCUT2D eigenvalue weighted by atomic mass is 32.2. The lowest BCUT2D eigenvalue weighted by atomic mass is 9.78. The van der Waals surface area contributed by atoms with Crippen LogP contribution in [0.5, 0.6) is 0 Å². The van der Waals surface area contributed by atoms with E-state index in [1.807, 2.05) is 79.1 Å². The summed E-state index contributed by atoms with van der Waals surface area (Å²) in [6, 6.07) is 16.2. The van der Waals surface area contributed by atoms with Gasteiger partial charge in [0, 0.05) is 41.8 Å². The predicted octanol–water partition coefficient (Wildman–Crippen LogP) is 4.55. The van der Waals surface area contributed by atoms with Crippen molar-refractivity contribution in [3.63, 3.8) is 0 Å². The van der Waals surface area contributed by atoms with E-state index in [1.54, 1.807) is 13.1 Å². The summed E-state index contributed by atoms with van der Waals surface area (Å²) >= 11 is 0. The van der Waals surface area contributed by atoms with Crippen molar-refractivity contribution in [2.75, 3.05) is 17.6 Å². The van der Waals surface area contributed by atoms with Gasteiger partial charge < -0.3 is 14.4 Å². The Morgan fingerprint density at radius 2 is 1.66 bits per heavy atom. The first-order valence-electron chi connectivity index (χ1n) is 12.1. The molecule has 0 unspecified atom stereocenters. The summed E-state index contributed by atoms with van der Waals surface area (Å²) in [5.41, 5.74) is 3.43. The van der Waals surface area contributed by atoms with Gasteiger partial charge in [-0.2, -0.15) is 4.58 Å². The highest BCUT2D eigenvalue weighted by Gasteiger charge is 2.45. The van der Waals surface area contributed by atoms with Crippen LogP contribution in [-0.4, -0.2) is 48.5 Å². The Bertz CT molecular complexity index is 1690. The average Bonchev–Trinajstić information content (AvgIpc) is 3.04. The van der Waals surface area contributed by atoms with E-state index in [0.717, 1.165) is 28.0 Å². The molecule has 0 saturated carbocycles. The van der Waals surface area contributed by atoms with Gasteiger partial charge >= 0.3 is 0 Å². The molecule has 38 heavy (non-hydrogen) atoms. The van der Waals surface area contributed by atoms with Crippen molar-refractivity contribution in [3.05, 3.63) is 90.2 Å². The number of nitrogens with one attached hydrogen (secondary N) is 1. The van der Waals surface area contributed by atoms with Crippen LogP contribution in [0.3, 0.4) is 0 Å². The van der Waals surface area contributed by atoms with Crippen molar-refractivity contribution in [3.8, 4) is 0 Å². The summed E-state index contributed by atoms with van der Waals surface area (Å²) in [7, 11) is -9.05. The fraction of sp³-hybridized carbons (Fsp3) is 0.250. The zero-order valence-electron chi connectivity index (χ0n) is 21.3. The highest BCUT2D eigenvalue weighted by Crippen LogP contribution is 2.45. The zero-order chi connectivity index (χ0) is 27.7. The number of anilines is 1. The molecule has 10 heteroatoms. The van der Waals surface area contributed by atoms with Gasteiger partial charge in [0.15, 0.2) is 5.71 Å². The number of nitrogens with zero attached hydrogens (tertiary/aromatic N) is 1. The Hall–Kier alpha value is -3.31. The number of fused-ring (bicyclic) bond motifs is 3. The molecule has 0 aromatic heterocycles. The lowest BCUT2D eigenvalue weighted by Gasteiger charge is -2.19. The van der Waals surface area contributed by atoms with Gasteiger partial charge in [-0.25, -0.2) is 16.8 Å². The topological polar surface area (TPSA) is 129 Å². The molecule has 0 radical (unpaired) electrons. The number of hydrogen-bond donors (Lipinski definition) is 1. The van der Waals surface area contributed by atoms with Gasteiger partial charge in [0.05, 0.1) is 20.4 Å². The molecular weight excluding hydrogens is 524 g/mol. The summed E-state index contributed by atoms with van der Waals surface area (Å²) in [4.78, 5) is -0.297. The van der Waals surface area contributed by atoms with Crippen LogP contribution in [0.2, 0.25) is 0 Å². The predicted molar refractivity (Wildman–Crippen MR) is 147 cm³/mol. The molecule has 0 amide bonds. The summed E-state index contributed by atoms with van der Waals surface area (Å²) in [6.07, 6.45) is 7.53. The molecule has 0 bridgehead atoms. The lowest BCUT2D eigenvalue weighted by Crippen LogP contribution is -2.28. The van der Waals surface area contributed by atoms with Crippen molar-refractivity contribution in [1.29, 1.82) is 0 Å². The monoisotopic (exact) mass is 553 g/mol. The molecule has 1 aliphatic rings. The van der Waals surface area contributed by atoms with Crippen molar-refractivity contribution in [1.82, 2.24) is 0 Å². The van der Waals surface area contributed by atoms with Crippen molar-refractivity contribution in [2.24, 2.45) is 0 Å². The van der Waals surface area contributed by atoms with Crippen LogP contribution in [0.15, 0.2) is 83.9 Å². The minimum absolute atomic E-state index is 0.121. The molecule has 0 atom stereocenters. The maximum atomic E-state index is 11.9. The molecule has 0 aliphatic carbocycles. The molecule has 1 aliphatic heterocycles. The van der Waals surface area contributed by atoms with Gasteiger partial charge in [-0.1, -0.05) is 24.3 Å². The van der Waals surface area contributed by atoms with Gasteiger partial charge in [-0.15, -0.1) is 0 Å². The second-order valence-corrected chi connectivity index (χ2v) is 12.7. The Morgan fingerprint density at radius 1 is 0.947 bits per heavy atom. The molecule has 8 nitrogen and oxygen atoms in total. The smallest absolute Gasteiger partial charge is 0.210 e. The molecular formula is C28H29N2O6S2-. The molecule has 1 heterocycles. The number of benzene rings is 3. The van der Waals surface area contributed by atoms with Crippen LogP contribution < -0.4 is 5.32 Å². The largest absolute Gasteiger partial charge is 0.748 e. The molecule has 3 aromatic rings. The molecule has 4 rings (SSSR count). The number of aryl methyl sites for hydroxylation is 1. The quantitative estimate of drug-likeness (QED) is 0.234. The second kappa shape index (κ2) is 10.5. The van der Waals surface area contributed by atoms with Crippen LogP contribution in [0, 0.1) is 6.92 Å². The molecule has 3 aromatic carbocycles. The van der Waals surface area contributed by atoms with Gasteiger partial charge in [0.25, 0.3) is 0 Å². The maximum absolute atomic E-state index is 11.9. The van der Waals surface area contributed by atoms with Crippen LogP contribution in [0.1, 0.15) is 31.4 Å². The van der Waals surface area contributed by atoms with E-state index < -0.39 is 31.4 Å². The van der Waals surface area contributed by atoms with E-state index in [1.165, 1.54) is 12.1 Å². The van der Waals surface area contributed by atoms with E-state index >= 15 is 0 Å². The number of para-hydroxylation sites is 1. The average molecular weight is 554 g/mol. The summed E-state index contributed by atoms with van der Waals surface area (Å²) in [6.45, 7) is 6.02. The second-order valence-electron chi connectivity index (χ2n) is 9.75. The normalized spacial score (nSPS) is 15.6. The standard InChI is InChI=1S/C28H30N2O6S2/c1-20-18-22(38(34,35)36)19-24-23(20)13-14-25-27(24)28(2,3)26(30(25)16-9-17-37(31,32)33)12-7-8-15-29-21-10-5-4-6-11-21/h4-8,10-15,18-19H,9,16-17H2,1-3H3,(H2,31,32,33,34,35,36)/p-1. The van der Waals surface area contributed by atoms with Crippen LogP contribution >= 0.6 is 0 Å². The Balaban J connectivity index is 1.79. The van der Waals surface area contributed by atoms with E-state index in [4.69, 9.17) is 0 Å². The summed E-state index contributed by atoms with van der Waals surface area (Å²) in [5.74, 6) is -0.498. The van der Waals surface area contributed by atoms with Gasteiger partial charge in [0.1, 0.15) is 16.7 Å². The number of allylic oxidation sites excluding steroid dienone is 3. The Kier molecular flexibility index (Phi) is 7.62. The van der Waals surface area contributed by atoms with Crippen LogP contribution in [0.4, 0.5) is 11.4 Å². The maximum Gasteiger partial charge on any atom is 0.210 e. The number of hydrogen-bond acceptors (Lipinski definition) is 7. The molecule has 1 N–H and O–H groups in total. The fourth-order valence-electron chi connectivity index (χ4n) is 5.02. The Labute approximate surface area is 223 Å². The molecule has 0 fully saturated rings. The SMILES string of the molecule is Cc1cc(S(=O)(=O)[O-])cc2c3c(ccc12)[N+](CCCS(=O)(=O)[O-])=C(/C=C/C=C/Nc1ccccc1)C3(C)C. The van der Waals surface area contributed by atoms with E-state index in [0.29, 0.717) is 10.9 Å². The third kappa shape index (κ3) is 5.88. The third-order valence-electron chi connectivity index (χ3n) is 6.69. The van der Waals surface area contributed by atoms with Crippen molar-refractivity contribution >= 4 is 48.1 Å². The summed E-state index contributed by atoms with van der Waals surface area (Å²) in [5, 5.41) is 4.65. The van der Waals surface area contributed by atoms with E-state index in [2.05, 4.69) is 5.32 Å². The van der Waals surface area contributed by atoms with E-state index in [-0.39, 0.29) is 17.9 Å². The fourth-order valence-corrected chi connectivity index (χ4v) is 6.08. The van der Waals surface area contributed by atoms with Crippen molar-refractivity contribution < 1.29 is 30.5 Å². The molecule has 200 valence electrons. The molecule has 0 spiro atoms. The zero-order valence-corrected chi connectivity index (χ0v) is 23.0.